The summed E-state index contributed by atoms with van der Waals surface area (Å²) < 4.78 is 11.6. The molecule has 0 amide bonds. The van der Waals surface area contributed by atoms with E-state index in [-0.39, 0.29) is 30.1 Å². The lowest BCUT2D eigenvalue weighted by Gasteiger charge is -2.34. The summed E-state index contributed by atoms with van der Waals surface area (Å²) in [6.07, 6.45) is 6.18. The molecule has 6 nitrogen and oxygen atoms in total. The van der Waals surface area contributed by atoms with Gasteiger partial charge in [0.15, 0.2) is 5.96 Å². The van der Waals surface area contributed by atoms with Crippen LogP contribution in [0.3, 0.4) is 0 Å². The number of rotatable bonds is 10. The van der Waals surface area contributed by atoms with Crippen LogP contribution >= 0.6 is 24.0 Å². The highest BCUT2D eigenvalue weighted by atomic mass is 127. The summed E-state index contributed by atoms with van der Waals surface area (Å²) in [6, 6.07) is 0.657. The average Bonchev–Trinajstić information content (AvgIpc) is 3.06. The molecule has 2 rings (SSSR count). The first-order valence-electron chi connectivity index (χ1n) is 9.79. The van der Waals surface area contributed by atoms with Gasteiger partial charge in [0.2, 0.25) is 0 Å². The van der Waals surface area contributed by atoms with Crippen LogP contribution in [-0.4, -0.2) is 75.5 Å². The number of halogens is 1. The molecule has 2 aliphatic heterocycles. The third-order valence-electron chi connectivity index (χ3n) is 4.66. The molecule has 7 heteroatoms. The summed E-state index contributed by atoms with van der Waals surface area (Å²) in [5.41, 5.74) is 0. The Hall–Kier alpha value is -0.120. The van der Waals surface area contributed by atoms with Crippen molar-refractivity contribution in [3.05, 3.63) is 0 Å². The van der Waals surface area contributed by atoms with Gasteiger partial charge in [-0.05, 0) is 39.2 Å². The number of nitrogens with zero attached hydrogens (tertiary/aromatic N) is 2. The number of ether oxygens (including phenoxy) is 2. The number of guanidine groups is 1. The minimum atomic E-state index is 0. The molecular formula is C18H37IN4O2. The molecule has 2 saturated heterocycles. The predicted octanol–water partition coefficient (Wildman–Crippen LogP) is 2.23. The van der Waals surface area contributed by atoms with E-state index >= 15 is 0 Å². The van der Waals surface area contributed by atoms with Crippen LogP contribution in [0.2, 0.25) is 0 Å². The van der Waals surface area contributed by atoms with Crippen molar-refractivity contribution in [1.82, 2.24) is 15.5 Å². The van der Waals surface area contributed by atoms with Crippen molar-refractivity contribution in [3.8, 4) is 0 Å². The number of morpholine rings is 1. The van der Waals surface area contributed by atoms with Gasteiger partial charge in [0.25, 0.3) is 0 Å². The van der Waals surface area contributed by atoms with E-state index in [1.54, 1.807) is 0 Å². The fourth-order valence-corrected chi connectivity index (χ4v) is 3.26. The first kappa shape index (κ1) is 22.9. The number of aliphatic imine (C=N–C) groups is 1. The van der Waals surface area contributed by atoms with Crippen LogP contribution in [0.15, 0.2) is 4.99 Å². The topological polar surface area (TPSA) is 58.1 Å². The van der Waals surface area contributed by atoms with Gasteiger partial charge < -0.3 is 20.1 Å². The van der Waals surface area contributed by atoms with E-state index in [2.05, 4.69) is 29.4 Å². The molecule has 0 aliphatic carbocycles. The molecular weight excluding hydrogens is 431 g/mol. The molecule has 2 aliphatic rings. The highest BCUT2D eigenvalue weighted by Crippen LogP contribution is 2.22. The van der Waals surface area contributed by atoms with Crippen LogP contribution in [0.1, 0.15) is 46.0 Å². The minimum absolute atomic E-state index is 0. The third kappa shape index (κ3) is 8.88. The largest absolute Gasteiger partial charge is 0.381 e. The Labute approximate surface area is 170 Å². The second-order valence-corrected chi connectivity index (χ2v) is 6.71. The molecule has 0 aromatic heterocycles. The zero-order valence-corrected chi connectivity index (χ0v) is 18.3. The van der Waals surface area contributed by atoms with E-state index in [9.17, 15) is 0 Å². The Morgan fingerprint density at radius 1 is 1.24 bits per heavy atom. The van der Waals surface area contributed by atoms with Crippen LogP contribution < -0.4 is 10.6 Å². The predicted molar refractivity (Wildman–Crippen MR) is 114 cm³/mol. The van der Waals surface area contributed by atoms with E-state index in [4.69, 9.17) is 14.5 Å². The summed E-state index contributed by atoms with van der Waals surface area (Å²) in [5.74, 6) is 0.887. The van der Waals surface area contributed by atoms with Crippen LogP contribution in [0.5, 0.6) is 0 Å². The Morgan fingerprint density at radius 2 is 2.08 bits per heavy atom. The number of hydrogen-bond acceptors (Lipinski definition) is 4. The maximum Gasteiger partial charge on any atom is 0.191 e. The summed E-state index contributed by atoms with van der Waals surface area (Å²) in [7, 11) is 0. The average molecular weight is 468 g/mol. The smallest absolute Gasteiger partial charge is 0.191 e. The molecule has 0 aromatic carbocycles. The number of nitrogens with one attached hydrogen (secondary N) is 2. The maximum atomic E-state index is 5.98. The Balaban J connectivity index is 0.00000312. The van der Waals surface area contributed by atoms with Gasteiger partial charge in [0, 0.05) is 38.9 Å². The van der Waals surface area contributed by atoms with Gasteiger partial charge >= 0.3 is 0 Å². The highest BCUT2D eigenvalue weighted by Gasteiger charge is 2.31. The maximum absolute atomic E-state index is 5.98. The van der Waals surface area contributed by atoms with Gasteiger partial charge in [-0.1, -0.05) is 13.3 Å². The second-order valence-electron chi connectivity index (χ2n) is 6.71. The first-order chi connectivity index (χ1) is 11.8. The highest BCUT2D eigenvalue weighted by molar-refractivity contribution is 14.0. The first-order valence-corrected chi connectivity index (χ1v) is 9.79. The summed E-state index contributed by atoms with van der Waals surface area (Å²) in [6.45, 7) is 11.6. The lowest BCUT2D eigenvalue weighted by Crippen LogP contribution is -2.47. The van der Waals surface area contributed by atoms with E-state index in [1.807, 2.05) is 0 Å². The monoisotopic (exact) mass is 468 g/mol. The molecule has 0 bridgehead atoms. The van der Waals surface area contributed by atoms with Gasteiger partial charge in [-0.15, -0.1) is 24.0 Å². The molecule has 0 spiro atoms. The molecule has 2 heterocycles. The van der Waals surface area contributed by atoms with E-state index in [1.165, 1.54) is 25.8 Å². The Morgan fingerprint density at radius 3 is 2.88 bits per heavy atom. The molecule has 2 unspecified atom stereocenters. The van der Waals surface area contributed by atoms with Crippen LogP contribution in [0, 0.1) is 0 Å². The number of fused-ring (bicyclic) bond motifs is 1. The zero-order valence-electron chi connectivity index (χ0n) is 16.0. The van der Waals surface area contributed by atoms with Crippen molar-refractivity contribution in [2.24, 2.45) is 4.99 Å². The number of hydrogen-bond donors (Lipinski definition) is 2. The second kappa shape index (κ2) is 14.0. The fourth-order valence-electron chi connectivity index (χ4n) is 3.26. The van der Waals surface area contributed by atoms with Crippen LogP contribution in [0.4, 0.5) is 0 Å². The quantitative estimate of drug-likeness (QED) is 0.223. The SMILES string of the molecule is CCCCOCCCNC(=NCC1CN2CCCC2CO1)NCC.I. The summed E-state index contributed by atoms with van der Waals surface area (Å²) >= 11 is 0. The lowest BCUT2D eigenvalue weighted by atomic mass is 10.2. The lowest BCUT2D eigenvalue weighted by molar-refractivity contribution is -0.0432. The standard InChI is InChI=1S/C18H36N4O2.HI/c1-3-5-11-23-12-7-9-20-18(19-4-2)21-13-17-14-22-10-6-8-16(22)15-24-17;/h16-17H,3-15H2,1-2H3,(H2,19,20,21);1H. The van der Waals surface area contributed by atoms with E-state index in [0.717, 1.165) is 64.8 Å². The summed E-state index contributed by atoms with van der Waals surface area (Å²) in [4.78, 5) is 7.27. The van der Waals surface area contributed by atoms with Crippen LogP contribution in [-0.2, 0) is 9.47 Å². The minimum Gasteiger partial charge on any atom is -0.381 e. The van der Waals surface area contributed by atoms with Crippen LogP contribution in [0.25, 0.3) is 0 Å². The number of unbranched alkanes of at least 4 members (excludes halogenated alkanes) is 1. The molecule has 2 N–H and O–H groups in total. The van der Waals surface area contributed by atoms with Crippen molar-refractivity contribution in [2.45, 2.75) is 58.1 Å². The van der Waals surface area contributed by atoms with Gasteiger partial charge in [-0.2, -0.15) is 0 Å². The molecule has 0 radical (unpaired) electrons. The molecule has 2 fully saturated rings. The molecule has 2 atom stereocenters. The van der Waals surface area contributed by atoms with E-state index < -0.39 is 0 Å². The van der Waals surface area contributed by atoms with Gasteiger partial charge in [0.1, 0.15) is 0 Å². The Kier molecular flexibility index (Phi) is 12.8. The van der Waals surface area contributed by atoms with Gasteiger partial charge in [-0.3, -0.25) is 9.89 Å². The van der Waals surface area contributed by atoms with Crippen molar-refractivity contribution in [3.63, 3.8) is 0 Å². The zero-order chi connectivity index (χ0) is 17.0. The fraction of sp³-hybridized carbons (Fsp3) is 0.944. The Bertz CT molecular complexity index is 371. The normalized spacial score (nSPS) is 23.8. The molecule has 0 aromatic rings. The van der Waals surface area contributed by atoms with E-state index in [0.29, 0.717) is 6.04 Å². The van der Waals surface area contributed by atoms with Crippen molar-refractivity contribution < 1.29 is 9.47 Å². The van der Waals surface area contributed by atoms with Crippen molar-refractivity contribution in [1.29, 1.82) is 0 Å². The van der Waals surface area contributed by atoms with Gasteiger partial charge in [-0.25, -0.2) is 0 Å². The van der Waals surface area contributed by atoms with Gasteiger partial charge in [0.05, 0.1) is 19.3 Å². The van der Waals surface area contributed by atoms with Crippen molar-refractivity contribution in [2.75, 3.05) is 52.5 Å². The molecule has 148 valence electrons. The molecule has 0 saturated carbocycles. The van der Waals surface area contributed by atoms with Crippen molar-refractivity contribution >= 4 is 29.9 Å². The molecule has 25 heavy (non-hydrogen) atoms. The summed E-state index contributed by atoms with van der Waals surface area (Å²) in [5, 5.41) is 6.70. The third-order valence-corrected chi connectivity index (χ3v) is 4.66.